The van der Waals surface area contributed by atoms with Crippen molar-refractivity contribution >= 4 is 40.5 Å². The van der Waals surface area contributed by atoms with Crippen molar-refractivity contribution in [2.24, 2.45) is 17.1 Å². The molecule has 372 valence electrons. The molecule has 5 heterocycles. The number of nitrogens with one attached hydrogen (secondary N) is 2. The number of nitrogens with zero attached hydrogens (tertiary/aromatic N) is 5. The zero-order chi connectivity index (χ0) is 50.4. The zero-order valence-corrected chi connectivity index (χ0v) is 41.2. The Kier molecular flexibility index (Phi) is 14.4. The normalized spacial score (nSPS) is 22.6. The van der Waals surface area contributed by atoms with Gasteiger partial charge in [-0.1, -0.05) is 39.8 Å². The summed E-state index contributed by atoms with van der Waals surface area (Å²) in [6, 6.07) is 10.4. The molecule has 0 saturated carbocycles. The summed E-state index contributed by atoms with van der Waals surface area (Å²) in [5.74, 6) is -4.22. The molecule has 3 aliphatic rings. The molecule has 7 N–H and O–H groups in total. The van der Waals surface area contributed by atoms with Crippen LogP contribution in [0, 0.1) is 11.3 Å². The molecular formula is C51H68N8O10. The molecule has 18 heteroatoms. The standard InChI is InChI=1S/C51H68N8O10/c1-10-58-40-13-12-32-24-36(40)37(42(58)38-26-53-17-14-33(38)27-68-9)25-48(4,5)29-69-47(65)51(67)15-11-18-59(55-51)44(62)39(22-31-20-34(32)23-35(60)21-31)54-43(61)41(30(2)3)56(8)46(64)50(66)16-19-57(28-50)45(63)49(6,7)52/h12-14,17,20-21,23-24,26,30,39,41,55,60,66-67H,10-11,15-16,18-19,22,25,27-29,52H2,1-9H3,(H,54,61)/t39-,41-,50-,51-/m0/s1. The van der Waals surface area contributed by atoms with E-state index in [0.717, 1.165) is 48.8 Å². The molecule has 69 heavy (non-hydrogen) atoms. The van der Waals surface area contributed by atoms with Gasteiger partial charge in [-0.3, -0.25) is 29.2 Å². The molecule has 0 unspecified atom stereocenters. The van der Waals surface area contributed by atoms with E-state index in [9.17, 15) is 39.3 Å². The number of hydrazine groups is 1. The summed E-state index contributed by atoms with van der Waals surface area (Å²) in [6.45, 7) is 13.3. The number of aromatic hydroxyl groups is 1. The Morgan fingerprint density at radius 1 is 1.07 bits per heavy atom. The van der Waals surface area contributed by atoms with Crippen molar-refractivity contribution in [1.82, 2.24) is 35.1 Å². The maximum atomic E-state index is 14.8. The number of amides is 4. The number of hydrogen-bond donors (Lipinski definition) is 6. The fourth-order valence-corrected chi connectivity index (χ4v) is 10.2. The number of likely N-dealkylation sites (tertiary alicyclic amines) is 1. The van der Waals surface area contributed by atoms with Crippen LogP contribution in [0.15, 0.2) is 54.9 Å². The van der Waals surface area contributed by atoms with Crippen molar-refractivity contribution in [3.05, 3.63) is 71.5 Å². The highest BCUT2D eigenvalue weighted by molar-refractivity contribution is 5.97. The van der Waals surface area contributed by atoms with Crippen molar-refractivity contribution in [1.29, 1.82) is 0 Å². The number of β-amino-alcohol motifs (C(OH)–C–C–N with tert-alkyl or cyclic N) is 1. The van der Waals surface area contributed by atoms with E-state index in [-0.39, 0.29) is 57.7 Å². The number of carbonyl (C=O) groups excluding carboxylic acids is 5. The number of benzene rings is 2. The number of hydrogen-bond acceptors (Lipinski definition) is 13. The maximum Gasteiger partial charge on any atom is 0.355 e. The van der Waals surface area contributed by atoms with Crippen LogP contribution in [0.4, 0.5) is 0 Å². The van der Waals surface area contributed by atoms with Crippen molar-refractivity contribution < 1.29 is 48.8 Å². The third-order valence-electron chi connectivity index (χ3n) is 13.5. The smallest absolute Gasteiger partial charge is 0.355 e. The van der Waals surface area contributed by atoms with E-state index < -0.39 is 69.9 Å². The second-order valence-corrected chi connectivity index (χ2v) is 20.7. The number of ether oxygens (including phenoxy) is 2. The number of likely N-dealkylation sites (N-methyl/N-ethyl adjacent to an activating group) is 1. The molecule has 7 rings (SSSR count). The van der Waals surface area contributed by atoms with E-state index >= 15 is 0 Å². The molecular weight excluding hydrogens is 885 g/mol. The van der Waals surface area contributed by atoms with E-state index in [1.165, 1.54) is 18.0 Å². The number of esters is 1. The number of phenolic OH excluding ortho intramolecular Hbond substituents is 1. The minimum atomic E-state index is -2.30. The van der Waals surface area contributed by atoms with Crippen LogP contribution in [0.3, 0.4) is 0 Å². The number of pyridine rings is 1. The lowest BCUT2D eigenvalue weighted by Gasteiger charge is -2.40. The number of cyclic esters (lactones) is 1. The third kappa shape index (κ3) is 10.4. The predicted octanol–water partition coefficient (Wildman–Crippen LogP) is 3.39. The lowest BCUT2D eigenvalue weighted by Crippen LogP contribution is -2.67. The molecule has 2 fully saturated rings. The summed E-state index contributed by atoms with van der Waals surface area (Å²) in [6.07, 6.45) is 3.90. The van der Waals surface area contributed by atoms with Crippen molar-refractivity contribution in [2.45, 2.75) is 123 Å². The molecule has 4 amide bonds. The highest BCUT2D eigenvalue weighted by Crippen LogP contribution is 2.42. The lowest BCUT2D eigenvalue weighted by molar-refractivity contribution is -0.189. The minimum absolute atomic E-state index is 0.0603. The molecule has 0 spiro atoms. The fraction of sp³-hybridized carbons (Fsp3) is 0.529. The molecule has 4 atom stereocenters. The molecule has 6 bridgehead atoms. The van der Waals surface area contributed by atoms with Crippen LogP contribution in [-0.4, -0.2) is 139 Å². The zero-order valence-electron chi connectivity index (χ0n) is 41.2. The molecule has 0 radical (unpaired) electrons. The largest absolute Gasteiger partial charge is 0.508 e. The summed E-state index contributed by atoms with van der Waals surface area (Å²) in [7, 11) is 3.04. The lowest BCUT2D eigenvalue weighted by atomic mass is 9.84. The van der Waals surface area contributed by atoms with E-state index in [0.29, 0.717) is 30.7 Å². The van der Waals surface area contributed by atoms with Crippen LogP contribution < -0.4 is 16.5 Å². The molecule has 2 aromatic heterocycles. The van der Waals surface area contributed by atoms with Crippen molar-refractivity contribution in [2.75, 3.05) is 40.4 Å². The highest BCUT2D eigenvalue weighted by Gasteiger charge is 2.50. The number of nitrogens with two attached hydrogens (primary N) is 1. The van der Waals surface area contributed by atoms with Gasteiger partial charge in [-0.25, -0.2) is 4.79 Å². The van der Waals surface area contributed by atoms with Crippen LogP contribution in [0.2, 0.25) is 0 Å². The monoisotopic (exact) mass is 953 g/mol. The number of methoxy groups -OCH3 is 1. The number of aromatic nitrogens is 2. The summed E-state index contributed by atoms with van der Waals surface area (Å²) >= 11 is 0. The Bertz CT molecular complexity index is 2640. The minimum Gasteiger partial charge on any atom is -0.508 e. The van der Waals surface area contributed by atoms with Crippen LogP contribution in [0.1, 0.15) is 84.4 Å². The van der Waals surface area contributed by atoms with Crippen LogP contribution in [0.5, 0.6) is 5.75 Å². The van der Waals surface area contributed by atoms with Crippen molar-refractivity contribution in [3.63, 3.8) is 0 Å². The van der Waals surface area contributed by atoms with Gasteiger partial charge in [0.05, 0.1) is 31.0 Å². The average Bonchev–Trinajstić information content (AvgIpc) is 3.83. The topological polar surface area (TPSA) is 242 Å². The Morgan fingerprint density at radius 2 is 1.81 bits per heavy atom. The molecule has 2 aromatic carbocycles. The van der Waals surface area contributed by atoms with Gasteiger partial charge in [0.1, 0.15) is 17.8 Å². The first kappa shape index (κ1) is 50.9. The number of carbonyl (C=O) groups is 5. The van der Waals surface area contributed by atoms with Gasteiger partial charge in [-0.05, 0) is 97.7 Å². The number of aryl methyl sites for hydroxylation is 1. The van der Waals surface area contributed by atoms with Gasteiger partial charge >= 0.3 is 5.97 Å². The highest BCUT2D eigenvalue weighted by atomic mass is 16.6. The van der Waals surface area contributed by atoms with E-state index in [4.69, 9.17) is 15.2 Å². The van der Waals surface area contributed by atoms with Gasteiger partial charge in [0.2, 0.25) is 17.5 Å². The summed E-state index contributed by atoms with van der Waals surface area (Å²) in [4.78, 5) is 77.5. The van der Waals surface area contributed by atoms with Crippen molar-refractivity contribution in [3.8, 4) is 28.1 Å². The summed E-state index contributed by atoms with van der Waals surface area (Å²) in [5, 5.41) is 39.7. The number of fused-ring (bicyclic) bond motifs is 6. The summed E-state index contributed by atoms with van der Waals surface area (Å²) in [5.41, 5.74) is 9.12. The van der Waals surface area contributed by atoms with Crippen LogP contribution >= 0.6 is 0 Å². The number of aliphatic hydroxyl groups is 2. The first-order valence-electron chi connectivity index (χ1n) is 23.7. The SMILES string of the molecule is CCn1c(-c2cnccc2COC)c2c3cc(ccc31)-c1cc(O)cc(c1)C[C@H](NC(=O)[C@H](C(C)C)N(C)C(=O)[C@]1(O)CCN(C(=O)C(C)(C)N)C1)C(=O)N1CCC[C@@](O)(N1)C(=O)OCC(C)(C)C2. The number of phenols is 1. The second-order valence-electron chi connectivity index (χ2n) is 20.7. The molecule has 0 aliphatic carbocycles. The predicted molar refractivity (Wildman–Crippen MR) is 258 cm³/mol. The summed E-state index contributed by atoms with van der Waals surface area (Å²) < 4.78 is 13.8. The first-order valence-corrected chi connectivity index (χ1v) is 23.7. The van der Waals surface area contributed by atoms with Crippen LogP contribution in [0.25, 0.3) is 33.3 Å². The molecule has 2 saturated heterocycles. The Labute approximate surface area is 403 Å². The van der Waals surface area contributed by atoms with Crippen LogP contribution in [-0.2, 0) is 59.4 Å². The van der Waals surface area contributed by atoms with E-state index in [1.54, 1.807) is 47.1 Å². The van der Waals surface area contributed by atoms with E-state index in [1.807, 2.05) is 44.3 Å². The molecule has 18 nitrogen and oxygen atoms in total. The van der Waals surface area contributed by atoms with E-state index in [2.05, 4.69) is 33.3 Å². The molecule has 4 aromatic rings. The van der Waals surface area contributed by atoms with Gasteiger partial charge in [0, 0.05) is 87.3 Å². The number of rotatable bonds is 10. The second kappa shape index (κ2) is 19.5. The quantitative estimate of drug-likeness (QED) is 0.125. The van der Waals surface area contributed by atoms with Gasteiger partial charge in [-0.2, -0.15) is 5.43 Å². The van der Waals surface area contributed by atoms with Gasteiger partial charge in [0.15, 0.2) is 5.60 Å². The first-order chi connectivity index (χ1) is 32.4. The average molecular weight is 953 g/mol. The Hall–Kier alpha value is -5.92. The maximum absolute atomic E-state index is 14.8. The fourth-order valence-electron chi connectivity index (χ4n) is 10.2. The Morgan fingerprint density at radius 3 is 2.49 bits per heavy atom. The Balaban J connectivity index is 1.31. The third-order valence-corrected chi connectivity index (χ3v) is 13.5. The van der Waals surface area contributed by atoms with Gasteiger partial charge in [0.25, 0.3) is 11.8 Å². The van der Waals surface area contributed by atoms with Gasteiger partial charge in [-0.15, -0.1) is 0 Å². The molecule has 3 aliphatic heterocycles. The van der Waals surface area contributed by atoms with Gasteiger partial charge < -0.3 is 50.2 Å².